The molecule has 0 unspecified atom stereocenters. The second kappa shape index (κ2) is 8.53. The predicted octanol–water partition coefficient (Wildman–Crippen LogP) is 0.281. The van der Waals surface area contributed by atoms with Crippen LogP contribution in [0.25, 0.3) is 0 Å². The molecule has 1 saturated carbocycles. The maximum absolute atomic E-state index is 12.0. The van der Waals surface area contributed by atoms with E-state index in [0.29, 0.717) is 24.7 Å². The van der Waals surface area contributed by atoms with Gasteiger partial charge in [0.25, 0.3) is 5.91 Å². The summed E-state index contributed by atoms with van der Waals surface area (Å²) in [6.45, 7) is 1.42. The monoisotopic (exact) mass is 307 g/mol. The van der Waals surface area contributed by atoms with Gasteiger partial charge in [0, 0.05) is 25.3 Å². The fourth-order valence-corrected chi connectivity index (χ4v) is 2.64. The number of rotatable bonds is 7. The lowest BCUT2D eigenvalue weighted by Gasteiger charge is -2.22. The van der Waals surface area contributed by atoms with Gasteiger partial charge in [0.1, 0.15) is 6.54 Å². The van der Waals surface area contributed by atoms with Gasteiger partial charge in [-0.3, -0.25) is 14.3 Å². The molecule has 1 aliphatic carbocycles. The molecule has 0 aromatic carbocycles. The number of carbonyl (C=O) groups excluding carboxylic acids is 2. The average molecular weight is 307 g/mol. The summed E-state index contributed by atoms with van der Waals surface area (Å²) in [7, 11) is 1.83. The van der Waals surface area contributed by atoms with Crippen LogP contribution in [-0.4, -0.2) is 47.8 Å². The number of likely N-dealkylation sites (N-methyl/N-ethyl adjacent to an activating group) is 1. The molecule has 1 fully saturated rings. The van der Waals surface area contributed by atoms with E-state index in [9.17, 15) is 9.59 Å². The molecule has 0 radical (unpaired) electrons. The first-order valence-electron chi connectivity index (χ1n) is 7.93. The molecule has 2 rings (SSSR count). The van der Waals surface area contributed by atoms with Gasteiger partial charge in [0.05, 0.1) is 11.8 Å². The van der Waals surface area contributed by atoms with Gasteiger partial charge in [-0.1, -0.05) is 19.3 Å². The summed E-state index contributed by atoms with van der Waals surface area (Å²) in [6, 6.07) is 0.293. The third-order valence-electron chi connectivity index (χ3n) is 3.83. The van der Waals surface area contributed by atoms with E-state index in [-0.39, 0.29) is 18.4 Å². The van der Waals surface area contributed by atoms with Gasteiger partial charge in [0.2, 0.25) is 5.91 Å². The minimum absolute atomic E-state index is 0.0443. The van der Waals surface area contributed by atoms with Gasteiger partial charge >= 0.3 is 0 Å². The van der Waals surface area contributed by atoms with Gasteiger partial charge in [-0.2, -0.15) is 5.10 Å². The molecule has 1 aromatic heterocycles. The van der Waals surface area contributed by atoms with Crippen LogP contribution in [-0.2, 0) is 11.3 Å². The molecule has 0 aliphatic heterocycles. The quantitative estimate of drug-likeness (QED) is 0.631. The summed E-state index contributed by atoms with van der Waals surface area (Å²) in [5.41, 5.74) is 0.474. The van der Waals surface area contributed by atoms with Crippen LogP contribution in [0.4, 0.5) is 0 Å². The SMILES string of the molecule is CNCCNC(=O)c1cnn(CC(=O)NC2CCCCC2)c1. The first kappa shape index (κ1) is 16.5. The molecule has 0 saturated heterocycles. The summed E-state index contributed by atoms with van der Waals surface area (Å²) in [6.07, 6.45) is 8.84. The lowest BCUT2D eigenvalue weighted by atomic mass is 9.95. The van der Waals surface area contributed by atoms with Gasteiger partial charge in [0.15, 0.2) is 0 Å². The van der Waals surface area contributed by atoms with E-state index in [1.165, 1.54) is 30.1 Å². The zero-order valence-electron chi connectivity index (χ0n) is 13.1. The Morgan fingerprint density at radius 2 is 2.05 bits per heavy atom. The third-order valence-corrected chi connectivity index (χ3v) is 3.83. The summed E-state index contributed by atoms with van der Waals surface area (Å²) in [5, 5.41) is 12.9. The van der Waals surface area contributed by atoms with Crippen molar-refractivity contribution in [3.63, 3.8) is 0 Å². The molecular formula is C15H25N5O2. The van der Waals surface area contributed by atoms with E-state index in [4.69, 9.17) is 0 Å². The lowest BCUT2D eigenvalue weighted by Crippen LogP contribution is -2.38. The van der Waals surface area contributed by atoms with Crippen molar-refractivity contribution in [2.45, 2.75) is 44.7 Å². The van der Waals surface area contributed by atoms with Crippen molar-refractivity contribution < 1.29 is 9.59 Å². The molecule has 7 nitrogen and oxygen atoms in total. The molecule has 0 bridgehead atoms. The van der Waals surface area contributed by atoms with Gasteiger partial charge in [-0.25, -0.2) is 0 Å². The Hall–Kier alpha value is -1.89. The minimum Gasteiger partial charge on any atom is -0.352 e. The standard InChI is InChI=1S/C15H25N5O2/c1-16-7-8-17-15(22)12-9-18-20(10-12)11-14(21)19-13-5-3-2-4-6-13/h9-10,13,16H,2-8,11H2,1H3,(H,17,22)(H,19,21). The Balaban J connectivity index is 1.78. The fraction of sp³-hybridized carbons (Fsp3) is 0.667. The summed E-state index contributed by atoms with van der Waals surface area (Å²) in [4.78, 5) is 23.8. The number of hydrogen-bond donors (Lipinski definition) is 3. The van der Waals surface area contributed by atoms with Crippen molar-refractivity contribution in [1.29, 1.82) is 0 Å². The van der Waals surface area contributed by atoms with Crippen molar-refractivity contribution in [1.82, 2.24) is 25.7 Å². The normalized spacial score (nSPS) is 15.5. The molecule has 1 heterocycles. The van der Waals surface area contributed by atoms with E-state index in [2.05, 4.69) is 21.0 Å². The van der Waals surface area contributed by atoms with Crippen LogP contribution in [0.5, 0.6) is 0 Å². The Morgan fingerprint density at radius 1 is 1.27 bits per heavy atom. The maximum atomic E-state index is 12.0. The molecule has 0 spiro atoms. The number of aromatic nitrogens is 2. The van der Waals surface area contributed by atoms with E-state index >= 15 is 0 Å². The van der Waals surface area contributed by atoms with Crippen LogP contribution >= 0.6 is 0 Å². The van der Waals surface area contributed by atoms with E-state index in [0.717, 1.165) is 12.8 Å². The Labute approximate surface area is 130 Å². The molecule has 7 heteroatoms. The lowest BCUT2D eigenvalue weighted by molar-refractivity contribution is -0.122. The van der Waals surface area contributed by atoms with Crippen LogP contribution in [0, 0.1) is 0 Å². The van der Waals surface area contributed by atoms with Crippen molar-refractivity contribution in [3.05, 3.63) is 18.0 Å². The van der Waals surface area contributed by atoms with Crippen LogP contribution in [0.2, 0.25) is 0 Å². The smallest absolute Gasteiger partial charge is 0.254 e. The van der Waals surface area contributed by atoms with Crippen LogP contribution in [0.3, 0.4) is 0 Å². The topological polar surface area (TPSA) is 88.0 Å². The number of amides is 2. The van der Waals surface area contributed by atoms with Crippen molar-refractivity contribution >= 4 is 11.8 Å². The molecule has 1 aliphatic rings. The molecule has 0 atom stereocenters. The molecule has 122 valence electrons. The Bertz CT molecular complexity index is 494. The number of hydrogen-bond acceptors (Lipinski definition) is 4. The van der Waals surface area contributed by atoms with Gasteiger partial charge in [-0.05, 0) is 19.9 Å². The van der Waals surface area contributed by atoms with Crippen LogP contribution in [0.15, 0.2) is 12.4 Å². The zero-order valence-corrected chi connectivity index (χ0v) is 13.1. The summed E-state index contributed by atoms with van der Waals surface area (Å²) >= 11 is 0. The fourth-order valence-electron chi connectivity index (χ4n) is 2.64. The summed E-state index contributed by atoms with van der Waals surface area (Å²) < 4.78 is 1.51. The highest BCUT2D eigenvalue weighted by Gasteiger charge is 2.16. The zero-order chi connectivity index (χ0) is 15.8. The highest BCUT2D eigenvalue weighted by atomic mass is 16.2. The highest BCUT2D eigenvalue weighted by Crippen LogP contribution is 2.17. The number of nitrogens with one attached hydrogen (secondary N) is 3. The summed E-state index contributed by atoms with van der Waals surface area (Å²) in [5.74, 6) is -0.216. The molecule has 22 heavy (non-hydrogen) atoms. The second-order valence-electron chi connectivity index (χ2n) is 5.69. The van der Waals surface area contributed by atoms with Crippen molar-refractivity contribution in [3.8, 4) is 0 Å². The molecule has 2 amide bonds. The highest BCUT2D eigenvalue weighted by molar-refractivity contribution is 5.93. The molecule has 3 N–H and O–H groups in total. The second-order valence-corrected chi connectivity index (χ2v) is 5.69. The van der Waals surface area contributed by atoms with E-state index < -0.39 is 0 Å². The van der Waals surface area contributed by atoms with Crippen molar-refractivity contribution in [2.24, 2.45) is 0 Å². The molecule has 1 aromatic rings. The Morgan fingerprint density at radius 3 is 2.77 bits per heavy atom. The minimum atomic E-state index is -0.172. The van der Waals surface area contributed by atoms with Gasteiger partial charge < -0.3 is 16.0 Å². The van der Waals surface area contributed by atoms with Crippen LogP contribution < -0.4 is 16.0 Å². The number of nitrogens with zero attached hydrogens (tertiary/aromatic N) is 2. The van der Waals surface area contributed by atoms with Gasteiger partial charge in [-0.15, -0.1) is 0 Å². The van der Waals surface area contributed by atoms with E-state index in [1.807, 2.05) is 7.05 Å². The predicted molar refractivity (Wildman–Crippen MR) is 83.5 cm³/mol. The largest absolute Gasteiger partial charge is 0.352 e. The molecular weight excluding hydrogens is 282 g/mol. The number of carbonyl (C=O) groups is 2. The Kier molecular flexibility index (Phi) is 6.39. The van der Waals surface area contributed by atoms with E-state index in [1.54, 1.807) is 6.20 Å². The third kappa shape index (κ3) is 5.14. The maximum Gasteiger partial charge on any atom is 0.254 e. The first-order valence-corrected chi connectivity index (χ1v) is 7.93. The first-order chi connectivity index (χ1) is 10.7. The average Bonchev–Trinajstić information content (AvgIpc) is 2.97. The van der Waals surface area contributed by atoms with Crippen LogP contribution in [0.1, 0.15) is 42.5 Å². The van der Waals surface area contributed by atoms with Crippen molar-refractivity contribution in [2.75, 3.05) is 20.1 Å².